The van der Waals surface area contributed by atoms with Crippen molar-refractivity contribution in [3.63, 3.8) is 0 Å². The largest absolute Gasteiger partial charge is 0.317 e. The summed E-state index contributed by atoms with van der Waals surface area (Å²) in [6.45, 7) is 10.5. The van der Waals surface area contributed by atoms with Crippen molar-refractivity contribution in [3.05, 3.63) is 24.3 Å². The molecule has 29 heavy (non-hydrogen) atoms. The average Bonchev–Trinajstić information content (AvgIpc) is 2.72. The molecule has 0 aromatic heterocycles. The highest BCUT2D eigenvalue weighted by atomic mass is 16.9. The number of allylic oxidation sites excluding steroid dienone is 4. The molecule has 0 radical (unpaired) electrons. The summed E-state index contributed by atoms with van der Waals surface area (Å²) in [6.07, 6.45) is 26.1. The van der Waals surface area contributed by atoms with Crippen molar-refractivity contribution in [2.24, 2.45) is 0 Å². The fraction of sp³-hybridized carbons (Fsp3) is 0.840. The Hall–Kier alpha value is -0.680. The van der Waals surface area contributed by atoms with Gasteiger partial charge in [-0.3, -0.25) is 9.68 Å². The van der Waals surface area contributed by atoms with Gasteiger partial charge in [0.2, 0.25) is 0 Å². The van der Waals surface area contributed by atoms with E-state index in [-0.39, 0.29) is 0 Å². The molecule has 4 heteroatoms. The lowest BCUT2D eigenvalue weighted by Gasteiger charge is -2.19. The molecule has 0 bridgehead atoms. The second-order valence-electron chi connectivity index (χ2n) is 7.58. The second-order valence-corrected chi connectivity index (χ2v) is 7.58. The van der Waals surface area contributed by atoms with Gasteiger partial charge in [-0.15, -0.1) is 0 Å². The van der Waals surface area contributed by atoms with E-state index in [2.05, 4.69) is 36.5 Å². The summed E-state index contributed by atoms with van der Waals surface area (Å²) < 4.78 is 0. The molecule has 0 saturated heterocycles. The fourth-order valence-corrected chi connectivity index (χ4v) is 3.15. The number of nitrogens with one attached hydrogen (secondary N) is 1. The fourth-order valence-electron chi connectivity index (χ4n) is 3.15. The third kappa shape index (κ3) is 23.5. The first-order valence-electron chi connectivity index (χ1n) is 12.4. The van der Waals surface area contributed by atoms with E-state index in [9.17, 15) is 0 Å². The highest BCUT2D eigenvalue weighted by Gasteiger charge is 2.03. The van der Waals surface area contributed by atoms with Crippen LogP contribution in [0.15, 0.2) is 24.3 Å². The standard InChI is InChI=1S/C25H50N2O2/c1-4-7-8-9-10-11-12-13-14-15-16-17-18-19-20-21-23-26-24-22-25-27(28-5-2)29-6-3/h10-11,13-14,26H,4-9,12,15-25H2,1-3H3. The number of hydrogen-bond donors (Lipinski definition) is 1. The van der Waals surface area contributed by atoms with E-state index in [1.807, 2.05) is 13.8 Å². The Bertz CT molecular complexity index is 353. The van der Waals surface area contributed by atoms with E-state index in [1.54, 1.807) is 5.23 Å². The summed E-state index contributed by atoms with van der Waals surface area (Å²) >= 11 is 0. The predicted octanol–water partition coefficient (Wildman–Crippen LogP) is 6.98. The van der Waals surface area contributed by atoms with Crippen molar-refractivity contribution in [3.8, 4) is 0 Å². The Balaban J connectivity index is 3.24. The SMILES string of the molecule is CCCCCC=CCC=CCCCCCCCCNCCCN(OCC)OCC. The second kappa shape index (κ2) is 25.4. The van der Waals surface area contributed by atoms with Crippen LogP contribution in [0.1, 0.15) is 104 Å². The van der Waals surface area contributed by atoms with Gasteiger partial charge in [0.05, 0.1) is 19.8 Å². The first kappa shape index (κ1) is 28.3. The molecule has 0 aliphatic heterocycles. The van der Waals surface area contributed by atoms with Crippen molar-refractivity contribution in [1.29, 1.82) is 0 Å². The van der Waals surface area contributed by atoms with E-state index in [1.165, 1.54) is 70.6 Å². The lowest BCUT2D eigenvalue weighted by Crippen LogP contribution is -2.28. The predicted molar refractivity (Wildman–Crippen MR) is 127 cm³/mol. The molecule has 1 N–H and O–H groups in total. The third-order valence-electron chi connectivity index (χ3n) is 4.79. The lowest BCUT2D eigenvalue weighted by atomic mass is 10.1. The maximum atomic E-state index is 5.40. The van der Waals surface area contributed by atoms with Gasteiger partial charge in [-0.2, -0.15) is 0 Å². The summed E-state index contributed by atoms with van der Waals surface area (Å²) in [5, 5.41) is 5.14. The van der Waals surface area contributed by atoms with E-state index < -0.39 is 0 Å². The molecule has 0 rings (SSSR count). The van der Waals surface area contributed by atoms with Crippen LogP contribution < -0.4 is 5.32 Å². The molecule has 0 aliphatic rings. The van der Waals surface area contributed by atoms with E-state index in [0.717, 1.165) is 32.5 Å². The summed E-state index contributed by atoms with van der Waals surface area (Å²) in [7, 11) is 0. The lowest BCUT2D eigenvalue weighted by molar-refractivity contribution is -0.364. The van der Waals surface area contributed by atoms with Gasteiger partial charge in [-0.1, -0.05) is 75.0 Å². The quantitative estimate of drug-likeness (QED) is 0.112. The maximum absolute atomic E-state index is 5.40. The van der Waals surface area contributed by atoms with Crippen molar-refractivity contribution < 1.29 is 9.68 Å². The zero-order valence-electron chi connectivity index (χ0n) is 19.8. The number of rotatable bonds is 23. The van der Waals surface area contributed by atoms with Gasteiger partial charge in [0.25, 0.3) is 0 Å². The third-order valence-corrected chi connectivity index (χ3v) is 4.79. The molecule has 0 amide bonds. The Morgan fingerprint density at radius 1 is 0.621 bits per heavy atom. The monoisotopic (exact) mass is 410 g/mol. The van der Waals surface area contributed by atoms with Crippen LogP contribution in [0.5, 0.6) is 0 Å². The molecule has 0 unspecified atom stereocenters. The zero-order valence-corrected chi connectivity index (χ0v) is 19.8. The van der Waals surface area contributed by atoms with E-state index in [4.69, 9.17) is 9.68 Å². The first-order valence-corrected chi connectivity index (χ1v) is 12.4. The molecule has 0 aromatic rings. The zero-order chi connectivity index (χ0) is 21.3. The minimum absolute atomic E-state index is 0.653. The van der Waals surface area contributed by atoms with Crippen LogP contribution in [0, 0.1) is 0 Å². The van der Waals surface area contributed by atoms with E-state index in [0.29, 0.717) is 13.2 Å². The summed E-state index contributed by atoms with van der Waals surface area (Å²) in [5.41, 5.74) is 0. The Morgan fingerprint density at radius 2 is 1.17 bits per heavy atom. The number of hydroxylamine groups is 2. The number of unbranched alkanes of at least 4 members (excludes halogenated alkanes) is 9. The van der Waals surface area contributed by atoms with Crippen LogP contribution in [0.4, 0.5) is 0 Å². The molecule has 0 atom stereocenters. The normalized spacial score (nSPS) is 12.1. The topological polar surface area (TPSA) is 33.7 Å². The van der Waals surface area contributed by atoms with Gasteiger partial charge < -0.3 is 5.32 Å². The van der Waals surface area contributed by atoms with Gasteiger partial charge >= 0.3 is 0 Å². The highest BCUT2D eigenvalue weighted by molar-refractivity contribution is 4.92. The smallest absolute Gasteiger partial charge is 0.0683 e. The first-order chi connectivity index (χ1) is 14.3. The van der Waals surface area contributed by atoms with Crippen LogP contribution in [0.2, 0.25) is 0 Å². The molecule has 0 fully saturated rings. The molecular formula is C25H50N2O2. The van der Waals surface area contributed by atoms with Crippen LogP contribution in [-0.4, -0.2) is 38.1 Å². The minimum Gasteiger partial charge on any atom is -0.317 e. The van der Waals surface area contributed by atoms with Crippen molar-refractivity contribution >= 4 is 0 Å². The molecule has 0 aliphatic carbocycles. The van der Waals surface area contributed by atoms with E-state index >= 15 is 0 Å². The maximum Gasteiger partial charge on any atom is 0.0683 e. The highest BCUT2D eigenvalue weighted by Crippen LogP contribution is 2.08. The van der Waals surface area contributed by atoms with Gasteiger partial charge in [0.1, 0.15) is 0 Å². The van der Waals surface area contributed by atoms with Gasteiger partial charge in [0, 0.05) is 0 Å². The summed E-state index contributed by atoms with van der Waals surface area (Å²) in [5.74, 6) is 0. The van der Waals surface area contributed by atoms with Crippen molar-refractivity contribution in [2.45, 2.75) is 104 Å². The summed E-state index contributed by atoms with van der Waals surface area (Å²) in [6, 6.07) is 0. The van der Waals surface area contributed by atoms with Gasteiger partial charge in [-0.05, 0) is 71.9 Å². The Morgan fingerprint density at radius 3 is 1.79 bits per heavy atom. The molecule has 4 nitrogen and oxygen atoms in total. The molecular weight excluding hydrogens is 360 g/mol. The average molecular weight is 411 g/mol. The van der Waals surface area contributed by atoms with Crippen LogP contribution in [0.25, 0.3) is 0 Å². The molecule has 0 saturated carbocycles. The van der Waals surface area contributed by atoms with Gasteiger partial charge in [-0.25, -0.2) is 0 Å². The molecule has 0 aromatic carbocycles. The molecule has 0 heterocycles. The number of nitrogens with zero attached hydrogens (tertiary/aromatic N) is 1. The summed E-state index contributed by atoms with van der Waals surface area (Å²) in [4.78, 5) is 10.8. The van der Waals surface area contributed by atoms with Crippen LogP contribution in [-0.2, 0) is 9.68 Å². The van der Waals surface area contributed by atoms with Crippen LogP contribution in [0.3, 0.4) is 0 Å². The minimum atomic E-state index is 0.653. The Labute approximate surface area is 182 Å². The Kier molecular flexibility index (Phi) is 24.8. The van der Waals surface area contributed by atoms with Crippen molar-refractivity contribution in [1.82, 2.24) is 10.5 Å². The van der Waals surface area contributed by atoms with Gasteiger partial charge in [0.15, 0.2) is 0 Å². The van der Waals surface area contributed by atoms with Crippen molar-refractivity contribution in [2.75, 3.05) is 32.8 Å². The molecule has 172 valence electrons. The number of hydrogen-bond acceptors (Lipinski definition) is 4. The molecule has 0 spiro atoms. The van der Waals surface area contributed by atoms with Crippen LogP contribution >= 0.6 is 0 Å².